The number of benzene rings is 15. The van der Waals surface area contributed by atoms with Crippen LogP contribution in [0.5, 0.6) is 0 Å². The van der Waals surface area contributed by atoms with Gasteiger partial charge in [-0.1, -0.05) is 340 Å². The first-order chi connectivity index (χ1) is 56.5. The van der Waals surface area contributed by atoms with Crippen molar-refractivity contribution in [3.05, 3.63) is 437 Å². The molecule has 0 amide bonds. The predicted molar refractivity (Wildman–Crippen MR) is 476 cm³/mol. The van der Waals surface area contributed by atoms with Gasteiger partial charge in [-0.15, -0.1) is 0 Å². The molecule has 0 aliphatic rings. The maximum Gasteiger partial charge on any atom is 0.0794 e. The first-order valence-electron chi connectivity index (χ1n) is 38.5. The second-order valence-corrected chi connectivity index (χ2v) is 28.4. The monoisotopic (exact) mass is 1450 g/mol. The SMILES string of the molecule is c1ccc(-c2cc3c(-c4ccccc4)cc(-c4ccc(-c5ccccn5)cc4)nc3c3ccccc23)cc1.c1ccc(-c2cc3c(-c4ccccc4)cc(-c4ccc(-c5cccnc5)cc4)nc3c3ccccc23)cc1.c1ccc(-c2cc3c(-c4ccccc4)cc(-c4ccc(-c5ccncc5)cc4)nc3c3ccccc23)cc1. The van der Waals surface area contributed by atoms with Gasteiger partial charge in [-0.3, -0.25) is 15.0 Å². The van der Waals surface area contributed by atoms with Crippen LogP contribution in [0.1, 0.15) is 0 Å². The highest BCUT2D eigenvalue weighted by Crippen LogP contribution is 2.45. The van der Waals surface area contributed by atoms with Gasteiger partial charge in [-0.2, -0.15) is 0 Å². The van der Waals surface area contributed by atoms with E-state index in [0.29, 0.717) is 0 Å². The van der Waals surface area contributed by atoms with E-state index in [4.69, 9.17) is 15.0 Å². The van der Waals surface area contributed by atoms with E-state index >= 15 is 0 Å². The molecule has 21 rings (SSSR count). The van der Waals surface area contributed by atoms with Crippen molar-refractivity contribution in [2.24, 2.45) is 0 Å². The predicted octanol–water partition coefficient (Wildman–Crippen LogP) is 28.4. The summed E-state index contributed by atoms with van der Waals surface area (Å²) in [4.78, 5) is 28.8. The molecule has 0 unspecified atom stereocenters. The summed E-state index contributed by atoms with van der Waals surface area (Å²) < 4.78 is 0. The lowest BCUT2D eigenvalue weighted by Crippen LogP contribution is -1.93. The van der Waals surface area contributed by atoms with Gasteiger partial charge in [0.2, 0.25) is 0 Å². The highest BCUT2D eigenvalue weighted by atomic mass is 14.7. The van der Waals surface area contributed by atoms with Gasteiger partial charge >= 0.3 is 0 Å². The second-order valence-electron chi connectivity index (χ2n) is 28.4. The molecule has 6 nitrogen and oxygen atoms in total. The normalized spacial score (nSPS) is 11.2. The van der Waals surface area contributed by atoms with E-state index in [0.717, 1.165) is 116 Å². The quantitative estimate of drug-likeness (QED) is 0.113. The third-order valence-corrected chi connectivity index (χ3v) is 21.5. The highest BCUT2D eigenvalue weighted by molar-refractivity contribution is 6.19. The van der Waals surface area contributed by atoms with Crippen LogP contribution in [0.3, 0.4) is 0 Å². The van der Waals surface area contributed by atoms with Crippen LogP contribution >= 0.6 is 0 Å². The minimum atomic E-state index is 0.960. The Labute approximate surface area is 662 Å². The fourth-order valence-corrected chi connectivity index (χ4v) is 15.8. The van der Waals surface area contributed by atoms with Crippen molar-refractivity contribution in [3.63, 3.8) is 0 Å². The number of pyridine rings is 6. The van der Waals surface area contributed by atoms with Crippen LogP contribution in [0, 0.1) is 0 Å². The zero-order valence-electron chi connectivity index (χ0n) is 62.3. The van der Waals surface area contributed by atoms with Gasteiger partial charge in [-0.25, -0.2) is 15.0 Å². The fraction of sp³-hybridized carbons (Fsp3) is 0. The Hall–Kier alpha value is -15.2. The number of hydrogen-bond acceptors (Lipinski definition) is 6. The molecule has 0 spiro atoms. The summed E-state index contributed by atoms with van der Waals surface area (Å²) in [5, 5.41) is 10.6. The number of aromatic nitrogens is 6. The highest BCUT2D eigenvalue weighted by Gasteiger charge is 2.21. The van der Waals surface area contributed by atoms with Crippen LogP contribution < -0.4 is 0 Å². The van der Waals surface area contributed by atoms with Crippen LogP contribution in [0.2, 0.25) is 0 Å². The molecule has 21 aromatic rings. The lowest BCUT2D eigenvalue weighted by molar-refractivity contribution is 1.32. The summed E-state index contributed by atoms with van der Waals surface area (Å²) >= 11 is 0. The fourth-order valence-electron chi connectivity index (χ4n) is 15.8. The maximum atomic E-state index is 5.29. The topological polar surface area (TPSA) is 77.3 Å². The molecule has 6 heterocycles. The lowest BCUT2D eigenvalue weighted by atomic mass is 9.91. The van der Waals surface area contributed by atoms with Crippen LogP contribution in [-0.2, 0) is 0 Å². The Morgan fingerprint density at radius 2 is 0.404 bits per heavy atom. The zero-order chi connectivity index (χ0) is 75.9. The first kappa shape index (κ1) is 69.2. The average Bonchev–Trinajstić information content (AvgIpc) is 0.751. The summed E-state index contributed by atoms with van der Waals surface area (Å²) in [7, 11) is 0. The summed E-state index contributed by atoms with van der Waals surface area (Å²) in [6.07, 6.45) is 9.18. The molecule has 0 aliphatic heterocycles. The molecule has 0 aliphatic carbocycles. The van der Waals surface area contributed by atoms with Crippen molar-refractivity contribution in [3.8, 4) is 134 Å². The Bertz CT molecular complexity index is 6310. The number of fused-ring (bicyclic) bond motifs is 9. The van der Waals surface area contributed by atoms with Crippen LogP contribution in [0.25, 0.3) is 199 Å². The van der Waals surface area contributed by atoms with Gasteiger partial charge in [0.25, 0.3) is 0 Å². The van der Waals surface area contributed by atoms with Crippen LogP contribution in [0.4, 0.5) is 0 Å². The third-order valence-electron chi connectivity index (χ3n) is 21.5. The van der Waals surface area contributed by atoms with E-state index in [-0.39, 0.29) is 0 Å². The smallest absolute Gasteiger partial charge is 0.0794 e. The molecule has 534 valence electrons. The molecule has 0 saturated carbocycles. The van der Waals surface area contributed by atoms with Crippen molar-refractivity contribution >= 4 is 65.0 Å². The largest absolute Gasteiger partial charge is 0.265 e. The van der Waals surface area contributed by atoms with Crippen LogP contribution in [0.15, 0.2) is 437 Å². The van der Waals surface area contributed by atoms with Crippen molar-refractivity contribution in [1.29, 1.82) is 0 Å². The molecule has 6 aromatic heterocycles. The molecular formula is C108H72N6. The van der Waals surface area contributed by atoms with E-state index in [2.05, 4.69) is 385 Å². The van der Waals surface area contributed by atoms with E-state index in [1.807, 2.05) is 61.2 Å². The molecule has 0 radical (unpaired) electrons. The van der Waals surface area contributed by atoms with Gasteiger partial charge in [0.05, 0.1) is 39.3 Å². The third kappa shape index (κ3) is 14.0. The minimum absolute atomic E-state index is 0.960. The first-order valence-corrected chi connectivity index (χ1v) is 38.5. The summed E-state index contributed by atoms with van der Waals surface area (Å²) in [6.45, 7) is 0. The van der Waals surface area contributed by atoms with E-state index < -0.39 is 0 Å². The van der Waals surface area contributed by atoms with Crippen molar-refractivity contribution < 1.29 is 0 Å². The summed E-state index contributed by atoms with van der Waals surface area (Å²) in [6, 6.07) is 143. The summed E-state index contributed by atoms with van der Waals surface area (Å²) in [5.41, 5.74) is 30.3. The Morgan fingerprint density at radius 1 is 0.140 bits per heavy atom. The maximum absolute atomic E-state index is 5.29. The second kappa shape index (κ2) is 31.4. The van der Waals surface area contributed by atoms with Gasteiger partial charge in [0, 0.05) is 85.6 Å². The van der Waals surface area contributed by atoms with E-state index in [9.17, 15) is 0 Å². The van der Waals surface area contributed by atoms with Crippen molar-refractivity contribution in [2.75, 3.05) is 0 Å². The molecular weight excluding hydrogens is 1380 g/mol. The molecule has 114 heavy (non-hydrogen) atoms. The lowest BCUT2D eigenvalue weighted by Gasteiger charge is -2.16. The standard InChI is InChI=1S/3C36H24N2/c1-3-11-25(12-4-1)31-23-33-32(26-13-5-2-6-14-26)24-35(38-36(33)30-16-8-7-15-29(30)31)28-20-18-27(19-21-28)34-17-9-10-22-37-34;1-3-10-26(11-4-1)32-22-34-33(27-12-5-2-6-13-27)23-35(38-36(34)31-16-8-7-15-30(31)32)28-19-17-25(18-20-28)29-14-9-21-37-24-29;1-3-9-27(10-4-1)32-23-34-33(28-11-5-2-6-12-28)24-35(38-36(34)31-14-8-7-13-30(31)32)29-17-15-25(16-18-29)26-19-21-37-22-20-26/h3*1-24H. The molecule has 0 atom stereocenters. The van der Waals surface area contributed by atoms with Crippen molar-refractivity contribution in [2.45, 2.75) is 0 Å². The average molecular weight is 1450 g/mol. The summed E-state index contributed by atoms with van der Waals surface area (Å²) in [5.74, 6) is 0. The van der Waals surface area contributed by atoms with Gasteiger partial charge in [-0.05, 0) is 172 Å². The molecule has 15 aromatic carbocycles. The molecule has 0 saturated heterocycles. The number of rotatable bonds is 12. The molecule has 0 fully saturated rings. The van der Waals surface area contributed by atoms with E-state index in [1.165, 1.54) is 82.9 Å². The number of nitrogens with zero attached hydrogens (tertiary/aromatic N) is 6. The molecule has 0 N–H and O–H groups in total. The van der Waals surface area contributed by atoms with Gasteiger partial charge < -0.3 is 0 Å². The van der Waals surface area contributed by atoms with Crippen molar-refractivity contribution in [1.82, 2.24) is 29.9 Å². The zero-order valence-corrected chi connectivity index (χ0v) is 62.3. The van der Waals surface area contributed by atoms with Gasteiger partial charge in [0.1, 0.15) is 0 Å². The van der Waals surface area contributed by atoms with Crippen LogP contribution in [-0.4, -0.2) is 29.9 Å². The number of hydrogen-bond donors (Lipinski definition) is 0. The minimum Gasteiger partial charge on any atom is -0.265 e. The van der Waals surface area contributed by atoms with Gasteiger partial charge in [0.15, 0.2) is 0 Å². The molecule has 6 heteroatoms. The Kier molecular flexibility index (Phi) is 19.1. The Balaban J connectivity index is 0.000000115. The van der Waals surface area contributed by atoms with E-state index in [1.54, 1.807) is 6.20 Å². The Morgan fingerprint density at radius 3 is 0.711 bits per heavy atom. The molecule has 0 bridgehead atoms.